The monoisotopic (exact) mass is 198 g/mol. The van der Waals surface area contributed by atoms with Crippen molar-refractivity contribution in [2.75, 3.05) is 0 Å². The summed E-state index contributed by atoms with van der Waals surface area (Å²) >= 11 is 5.49. The summed E-state index contributed by atoms with van der Waals surface area (Å²) in [4.78, 5) is 3.82. The highest BCUT2D eigenvalue weighted by Crippen LogP contribution is 2.21. The largest absolute Gasteiger partial charge is 0.456 e. The van der Waals surface area contributed by atoms with Crippen LogP contribution in [0.5, 0.6) is 0 Å². The molecule has 2 heterocycles. The van der Waals surface area contributed by atoms with Crippen LogP contribution in [0, 0.1) is 0 Å². The second-order valence-electron chi connectivity index (χ2n) is 2.49. The van der Waals surface area contributed by atoms with E-state index >= 15 is 0 Å². The van der Waals surface area contributed by atoms with Gasteiger partial charge in [-0.15, -0.1) is 0 Å². The van der Waals surface area contributed by atoms with Gasteiger partial charge >= 0.3 is 0 Å². The minimum absolute atomic E-state index is 0.0875. The Kier molecular flexibility index (Phi) is 2.06. The Morgan fingerprint density at radius 3 is 2.85 bits per heavy atom. The van der Waals surface area contributed by atoms with E-state index in [4.69, 9.17) is 20.5 Å². The first kappa shape index (κ1) is 8.31. The molecule has 0 radical (unpaired) electrons. The zero-order chi connectivity index (χ0) is 9.26. The van der Waals surface area contributed by atoms with Gasteiger partial charge in [-0.3, -0.25) is 0 Å². The Morgan fingerprint density at radius 1 is 1.46 bits per heavy atom. The second-order valence-corrected chi connectivity index (χ2v) is 2.83. The molecule has 0 amide bonds. The van der Waals surface area contributed by atoms with Gasteiger partial charge in [0.1, 0.15) is 5.76 Å². The molecule has 2 aromatic rings. The van der Waals surface area contributed by atoms with Crippen LogP contribution in [-0.2, 0) is 6.42 Å². The smallest absolute Gasteiger partial charge is 0.294 e. The predicted octanol–water partition coefficient (Wildman–Crippen LogP) is 2.55. The summed E-state index contributed by atoms with van der Waals surface area (Å²) in [5.74, 6) is 1.74. The minimum atomic E-state index is 0.0875. The van der Waals surface area contributed by atoms with Crippen molar-refractivity contribution in [3.05, 3.63) is 23.2 Å². The Hall–Kier alpha value is -1.29. The first-order valence-corrected chi connectivity index (χ1v) is 4.25. The zero-order valence-electron chi connectivity index (χ0n) is 6.95. The van der Waals surface area contributed by atoms with Gasteiger partial charge in [0.25, 0.3) is 11.2 Å². The van der Waals surface area contributed by atoms with Gasteiger partial charge in [0.15, 0.2) is 5.76 Å². The summed E-state index contributed by atoms with van der Waals surface area (Å²) in [6.45, 7) is 2.00. The van der Waals surface area contributed by atoms with Gasteiger partial charge in [-0.2, -0.15) is 4.98 Å². The van der Waals surface area contributed by atoms with E-state index in [2.05, 4.69) is 10.1 Å². The molecule has 0 bridgehead atoms. The topological polar surface area (TPSA) is 52.1 Å². The lowest BCUT2D eigenvalue weighted by atomic mass is 10.3. The van der Waals surface area contributed by atoms with Gasteiger partial charge in [0.05, 0.1) is 0 Å². The predicted molar refractivity (Wildman–Crippen MR) is 46.4 cm³/mol. The number of rotatable bonds is 2. The molecule has 4 nitrogen and oxygen atoms in total. The maximum absolute atomic E-state index is 5.49. The van der Waals surface area contributed by atoms with Crippen molar-refractivity contribution >= 4 is 11.6 Å². The molecule has 13 heavy (non-hydrogen) atoms. The number of furan rings is 1. The van der Waals surface area contributed by atoms with E-state index in [1.54, 1.807) is 6.07 Å². The average Bonchev–Trinajstić information content (AvgIpc) is 2.71. The third kappa shape index (κ3) is 1.58. The molecule has 0 unspecified atom stereocenters. The van der Waals surface area contributed by atoms with Crippen molar-refractivity contribution in [2.24, 2.45) is 0 Å². The fourth-order valence-corrected chi connectivity index (χ4v) is 1.10. The summed E-state index contributed by atoms with van der Waals surface area (Å²) in [5.41, 5.74) is 0. The maximum atomic E-state index is 5.49. The van der Waals surface area contributed by atoms with Crippen LogP contribution in [0.4, 0.5) is 0 Å². The van der Waals surface area contributed by atoms with Gasteiger partial charge in [-0.05, 0) is 28.9 Å². The highest BCUT2D eigenvalue weighted by atomic mass is 35.5. The standard InChI is InChI=1S/C8H7ClN2O2/c1-2-5-3-4-6(12-5)7-10-8(9)11-13-7/h3-4H,2H2,1H3. The van der Waals surface area contributed by atoms with Crippen LogP contribution in [0.3, 0.4) is 0 Å². The third-order valence-corrected chi connectivity index (χ3v) is 1.78. The van der Waals surface area contributed by atoms with E-state index in [-0.39, 0.29) is 5.28 Å². The quantitative estimate of drug-likeness (QED) is 0.744. The molecule has 0 atom stereocenters. The van der Waals surface area contributed by atoms with Crippen LogP contribution in [0.15, 0.2) is 21.1 Å². The highest BCUT2D eigenvalue weighted by Gasteiger charge is 2.10. The number of aromatic nitrogens is 2. The number of aryl methyl sites for hydroxylation is 1. The lowest BCUT2D eigenvalue weighted by Gasteiger charge is -1.86. The Bertz CT molecular complexity index is 408. The molecule has 0 aromatic carbocycles. The van der Waals surface area contributed by atoms with Crippen LogP contribution in [0.1, 0.15) is 12.7 Å². The van der Waals surface area contributed by atoms with Crippen molar-refractivity contribution in [3.63, 3.8) is 0 Å². The molecule has 0 aliphatic rings. The third-order valence-electron chi connectivity index (χ3n) is 1.62. The molecule has 2 aromatic heterocycles. The van der Waals surface area contributed by atoms with Crippen LogP contribution < -0.4 is 0 Å². The minimum Gasteiger partial charge on any atom is -0.456 e. The molecule has 0 aliphatic carbocycles. The van der Waals surface area contributed by atoms with Crippen molar-refractivity contribution in [1.29, 1.82) is 0 Å². The lowest BCUT2D eigenvalue weighted by Crippen LogP contribution is -1.72. The number of hydrogen-bond acceptors (Lipinski definition) is 4. The van der Waals surface area contributed by atoms with E-state index in [0.29, 0.717) is 11.7 Å². The average molecular weight is 199 g/mol. The van der Waals surface area contributed by atoms with Crippen LogP contribution in [-0.4, -0.2) is 10.1 Å². The van der Waals surface area contributed by atoms with Gasteiger partial charge < -0.3 is 8.94 Å². The van der Waals surface area contributed by atoms with Crippen LogP contribution in [0.25, 0.3) is 11.7 Å². The van der Waals surface area contributed by atoms with E-state index in [0.717, 1.165) is 12.2 Å². The first-order chi connectivity index (χ1) is 6.29. The SMILES string of the molecule is CCc1ccc(-c2nc(Cl)no2)o1. The van der Waals surface area contributed by atoms with Crippen LogP contribution >= 0.6 is 11.6 Å². The summed E-state index contributed by atoms with van der Waals surface area (Å²) in [6, 6.07) is 3.65. The van der Waals surface area contributed by atoms with Crippen molar-refractivity contribution in [3.8, 4) is 11.7 Å². The lowest BCUT2D eigenvalue weighted by molar-refractivity contribution is 0.411. The molecule has 0 saturated heterocycles. The summed E-state index contributed by atoms with van der Waals surface area (Å²) in [7, 11) is 0. The van der Waals surface area contributed by atoms with E-state index < -0.39 is 0 Å². The zero-order valence-corrected chi connectivity index (χ0v) is 7.71. The number of halogens is 1. The molecule has 0 N–H and O–H groups in total. The van der Waals surface area contributed by atoms with Crippen molar-refractivity contribution in [2.45, 2.75) is 13.3 Å². The molecule has 0 saturated carbocycles. The van der Waals surface area contributed by atoms with Gasteiger partial charge in [0, 0.05) is 6.42 Å². The number of nitrogens with zero attached hydrogens (tertiary/aromatic N) is 2. The molecule has 0 fully saturated rings. The fourth-order valence-electron chi connectivity index (χ4n) is 0.988. The number of hydrogen-bond donors (Lipinski definition) is 0. The molecule has 5 heteroatoms. The summed E-state index contributed by atoms with van der Waals surface area (Å²) in [6.07, 6.45) is 0.835. The van der Waals surface area contributed by atoms with Gasteiger partial charge in [0.2, 0.25) is 0 Å². The van der Waals surface area contributed by atoms with Gasteiger partial charge in [-0.1, -0.05) is 6.92 Å². The molecule has 68 valence electrons. The Balaban J connectivity index is 2.35. The highest BCUT2D eigenvalue weighted by molar-refractivity contribution is 6.28. The summed E-state index contributed by atoms with van der Waals surface area (Å²) in [5, 5.41) is 3.53. The molecule has 2 rings (SSSR count). The molecule has 0 spiro atoms. The Labute approximate surface area is 79.5 Å². The second kappa shape index (κ2) is 3.22. The first-order valence-electron chi connectivity index (χ1n) is 3.88. The van der Waals surface area contributed by atoms with Gasteiger partial charge in [-0.25, -0.2) is 0 Å². The van der Waals surface area contributed by atoms with Crippen molar-refractivity contribution in [1.82, 2.24) is 10.1 Å². The van der Waals surface area contributed by atoms with E-state index in [1.807, 2.05) is 13.0 Å². The van der Waals surface area contributed by atoms with E-state index in [9.17, 15) is 0 Å². The van der Waals surface area contributed by atoms with E-state index in [1.165, 1.54) is 0 Å². The Morgan fingerprint density at radius 2 is 2.31 bits per heavy atom. The molecular weight excluding hydrogens is 192 g/mol. The fraction of sp³-hybridized carbons (Fsp3) is 0.250. The maximum Gasteiger partial charge on any atom is 0.294 e. The van der Waals surface area contributed by atoms with Crippen LogP contribution in [0.2, 0.25) is 5.28 Å². The summed E-state index contributed by atoms with van der Waals surface area (Å²) < 4.78 is 10.2. The molecular formula is C8H7ClN2O2. The molecule has 0 aliphatic heterocycles. The van der Waals surface area contributed by atoms with Crippen molar-refractivity contribution < 1.29 is 8.94 Å². The normalized spacial score (nSPS) is 10.6.